The Labute approximate surface area is 136 Å². The summed E-state index contributed by atoms with van der Waals surface area (Å²) in [7, 11) is 0. The topological polar surface area (TPSA) is 58.8 Å². The van der Waals surface area contributed by atoms with Crippen LogP contribution < -0.4 is 4.74 Å². The highest BCUT2D eigenvalue weighted by Crippen LogP contribution is 2.30. The van der Waals surface area contributed by atoms with Crippen LogP contribution in [0.15, 0.2) is 4.42 Å². The molecule has 1 aromatic rings. The van der Waals surface area contributed by atoms with Gasteiger partial charge < -0.3 is 19.0 Å². The minimum Gasteiger partial charge on any atom is -0.447 e. The number of rotatable bonds is 4. The Kier molecular flexibility index (Phi) is 4.01. The van der Waals surface area contributed by atoms with Crippen LogP contribution in [0.1, 0.15) is 56.9 Å². The van der Waals surface area contributed by atoms with Gasteiger partial charge in [0.15, 0.2) is 5.76 Å². The van der Waals surface area contributed by atoms with Crippen molar-refractivity contribution in [2.24, 2.45) is 0 Å². The molecule has 0 atom stereocenters. The monoisotopic (exact) mass is 319 g/mol. The molecule has 0 spiro atoms. The third kappa shape index (κ3) is 2.96. The third-order valence-electron chi connectivity index (χ3n) is 5.42. The maximum absolute atomic E-state index is 11.7. The van der Waals surface area contributed by atoms with Gasteiger partial charge in [-0.25, -0.2) is 0 Å². The predicted octanol–water partition coefficient (Wildman–Crippen LogP) is 2.32. The van der Waals surface area contributed by atoms with E-state index in [0.717, 1.165) is 43.4 Å². The van der Waals surface area contributed by atoms with Crippen LogP contribution in [0.3, 0.4) is 0 Å². The number of nitrogens with zero attached hydrogens (tertiary/aromatic N) is 3. The Bertz CT molecular complexity index is 550. The minimum absolute atomic E-state index is 0.143. The van der Waals surface area contributed by atoms with Gasteiger partial charge >= 0.3 is 6.08 Å². The third-order valence-corrected chi connectivity index (χ3v) is 5.42. The van der Waals surface area contributed by atoms with Gasteiger partial charge in [0.25, 0.3) is 0 Å². The summed E-state index contributed by atoms with van der Waals surface area (Å²) in [5.74, 6) is 0.928. The molecule has 6 heteroatoms. The lowest BCUT2D eigenvalue weighted by Crippen LogP contribution is -2.46. The molecule has 1 saturated carbocycles. The fourth-order valence-electron chi connectivity index (χ4n) is 3.72. The fraction of sp³-hybridized carbons (Fsp3) is 0.765. The quantitative estimate of drug-likeness (QED) is 0.852. The molecule has 0 radical (unpaired) electrons. The molecule has 1 saturated heterocycles. The number of oxazole rings is 1. The number of hydrogen-bond donors (Lipinski definition) is 0. The highest BCUT2D eigenvalue weighted by atomic mass is 16.6. The van der Waals surface area contributed by atoms with Crippen LogP contribution >= 0.6 is 0 Å². The van der Waals surface area contributed by atoms with E-state index >= 15 is 0 Å². The van der Waals surface area contributed by atoms with Crippen LogP contribution in [0.5, 0.6) is 6.08 Å². The highest BCUT2D eigenvalue weighted by molar-refractivity contribution is 5.76. The van der Waals surface area contributed by atoms with E-state index < -0.39 is 0 Å². The number of fused-ring (bicyclic) bond motifs is 1. The molecule has 0 unspecified atom stereocenters. The summed E-state index contributed by atoms with van der Waals surface area (Å²) in [6.45, 7) is 5.19. The molecule has 2 fully saturated rings. The summed E-state index contributed by atoms with van der Waals surface area (Å²) in [5.41, 5.74) is 0.855. The maximum Gasteiger partial charge on any atom is 0.394 e. The van der Waals surface area contributed by atoms with Crippen molar-refractivity contribution in [3.8, 4) is 6.08 Å². The van der Waals surface area contributed by atoms with Crippen LogP contribution in [0.25, 0.3) is 0 Å². The minimum atomic E-state index is 0.143. The van der Waals surface area contributed by atoms with Gasteiger partial charge in [0.05, 0.1) is 13.1 Å². The zero-order valence-electron chi connectivity index (χ0n) is 13.8. The van der Waals surface area contributed by atoms with Crippen molar-refractivity contribution in [2.75, 3.05) is 13.1 Å². The van der Waals surface area contributed by atoms with E-state index in [1.807, 2.05) is 6.92 Å². The van der Waals surface area contributed by atoms with Gasteiger partial charge in [-0.15, -0.1) is 0 Å². The molecule has 4 rings (SSSR count). The number of carbonyl (C=O) groups is 1. The highest BCUT2D eigenvalue weighted by Gasteiger charge is 2.32. The first-order valence-electron chi connectivity index (χ1n) is 8.90. The van der Waals surface area contributed by atoms with E-state index in [2.05, 4.69) is 9.88 Å². The molecular weight excluding hydrogens is 294 g/mol. The molecule has 1 aromatic heterocycles. The van der Waals surface area contributed by atoms with Crippen LogP contribution in [0, 0.1) is 0 Å². The summed E-state index contributed by atoms with van der Waals surface area (Å²) >= 11 is 0. The standard InChI is InChI=1S/C17H25N3O3/c1-2-16(21)20-10-14-15(11-20)23-17(18-14)22-13-6-8-19(9-7-13)12-4-3-5-12/h12-13H,2-11H2,1H3. The number of carbonyl (C=O) groups excluding carboxylic acids is 1. The molecule has 2 aliphatic heterocycles. The molecule has 1 aliphatic carbocycles. The second kappa shape index (κ2) is 6.15. The Morgan fingerprint density at radius 1 is 1.26 bits per heavy atom. The molecule has 0 bridgehead atoms. The normalized spacial score (nSPS) is 22.9. The maximum atomic E-state index is 11.7. The molecule has 0 N–H and O–H groups in total. The second-order valence-corrected chi connectivity index (χ2v) is 6.89. The van der Waals surface area contributed by atoms with Crippen molar-refractivity contribution in [3.05, 3.63) is 11.5 Å². The number of piperidine rings is 1. The first kappa shape index (κ1) is 15.0. The largest absolute Gasteiger partial charge is 0.447 e. The second-order valence-electron chi connectivity index (χ2n) is 6.89. The zero-order valence-corrected chi connectivity index (χ0v) is 13.8. The lowest BCUT2D eigenvalue weighted by molar-refractivity contribution is -0.131. The summed E-state index contributed by atoms with van der Waals surface area (Å²) in [6, 6.07) is 0.823. The Balaban J connectivity index is 1.29. The number of ether oxygens (including phenoxy) is 1. The Morgan fingerprint density at radius 2 is 2.04 bits per heavy atom. The number of amides is 1. The van der Waals surface area contributed by atoms with Gasteiger partial charge in [0.2, 0.25) is 5.91 Å². The first-order valence-corrected chi connectivity index (χ1v) is 8.90. The average molecular weight is 319 g/mol. The van der Waals surface area contributed by atoms with Gasteiger partial charge in [0, 0.05) is 25.6 Å². The van der Waals surface area contributed by atoms with E-state index in [0.29, 0.717) is 25.6 Å². The van der Waals surface area contributed by atoms with Crippen LogP contribution in [0.4, 0.5) is 0 Å². The molecule has 126 valence electrons. The summed E-state index contributed by atoms with van der Waals surface area (Å²) in [6.07, 6.45) is 7.33. The van der Waals surface area contributed by atoms with E-state index in [1.54, 1.807) is 4.90 Å². The summed E-state index contributed by atoms with van der Waals surface area (Å²) < 4.78 is 11.7. The fourth-order valence-corrected chi connectivity index (χ4v) is 3.72. The van der Waals surface area contributed by atoms with Crippen LogP contribution in [-0.4, -0.2) is 45.9 Å². The number of hydrogen-bond acceptors (Lipinski definition) is 5. The smallest absolute Gasteiger partial charge is 0.394 e. The predicted molar refractivity (Wildman–Crippen MR) is 83.9 cm³/mol. The molecule has 0 aromatic carbocycles. The van der Waals surface area contributed by atoms with Crippen LogP contribution in [-0.2, 0) is 17.9 Å². The first-order chi connectivity index (χ1) is 11.2. The van der Waals surface area contributed by atoms with Crippen molar-refractivity contribution < 1.29 is 13.9 Å². The molecule has 23 heavy (non-hydrogen) atoms. The number of likely N-dealkylation sites (tertiary alicyclic amines) is 1. The molecule has 6 nitrogen and oxygen atoms in total. The van der Waals surface area contributed by atoms with Crippen LogP contribution in [0.2, 0.25) is 0 Å². The van der Waals surface area contributed by atoms with Crippen molar-refractivity contribution >= 4 is 5.91 Å². The zero-order chi connectivity index (χ0) is 15.8. The number of aromatic nitrogens is 1. The van der Waals surface area contributed by atoms with Gasteiger partial charge in [-0.2, -0.15) is 4.98 Å². The Morgan fingerprint density at radius 3 is 2.65 bits per heavy atom. The van der Waals surface area contributed by atoms with E-state index in [-0.39, 0.29) is 12.0 Å². The lowest BCUT2D eigenvalue weighted by Gasteiger charge is -2.41. The molecule has 3 aliphatic rings. The lowest BCUT2D eigenvalue weighted by atomic mass is 9.90. The van der Waals surface area contributed by atoms with Gasteiger partial charge in [-0.05, 0) is 25.7 Å². The van der Waals surface area contributed by atoms with Gasteiger partial charge in [-0.1, -0.05) is 13.3 Å². The van der Waals surface area contributed by atoms with Crippen molar-refractivity contribution in [2.45, 2.75) is 70.7 Å². The van der Waals surface area contributed by atoms with E-state index in [4.69, 9.17) is 9.15 Å². The molecular formula is C17H25N3O3. The van der Waals surface area contributed by atoms with E-state index in [1.165, 1.54) is 19.3 Å². The molecule has 3 heterocycles. The van der Waals surface area contributed by atoms with Gasteiger partial charge in [-0.3, -0.25) is 4.79 Å². The van der Waals surface area contributed by atoms with Crippen molar-refractivity contribution in [3.63, 3.8) is 0 Å². The SMILES string of the molecule is CCC(=O)N1Cc2nc(OC3CCN(C4CCC4)CC3)oc2C1. The summed E-state index contributed by atoms with van der Waals surface area (Å²) in [4.78, 5) is 20.5. The Hall–Kier alpha value is -1.56. The van der Waals surface area contributed by atoms with Crippen molar-refractivity contribution in [1.82, 2.24) is 14.8 Å². The summed E-state index contributed by atoms with van der Waals surface area (Å²) in [5, 5.41) is 0. The van der Waals surface area contributed by atoms with E-state index in [9.17, 15) is 4.79 Å². The molecule has 1 amide bonds. The van der Waals surface area contributed by atoms with Crippen molar-refractivity contribution in [1.29, 1.82) is 0 Å². The average Bonchev–Trinajstić information content (AvgIpc) is 3.05. The van der Waals surface area contributed by atoms with Gasteiger partial charge in [0.1, 0.15) is 11.8 Å².